The standard InChI is InChI=1S/C15H22N4O/c1-11(2)8-19-15(17-10-18-19)9-20-14-5-4-12(3)6-13(14)7-16/h4-6,10-11H,7-9,16H2,1-3H3. The third kappa shape index (κ3) is 3.57. The summed E-state index contributed by atoms with van der Waals surface area (Å²) in [7, 11) is 0. The fraction of sp³-hybridized carbons (Fsp3) is 0.467. The highest BCUT2D eigenvalue weighted by Crippen LogP contribution is 2.20. The molecule has 0 aliphatic rings. The molecule has 5 heteroatoms. The fourth-order valence-corrected chi connectivity index (χ4v) is 2.05. The molecule has 108 valence electrons. The van der Waals surface area contributed by atoms with Crippen LogP contribution in [0.5, 0.6) is 5.75 Å². The smallest absolute Gasteiger partial charge is 0.164 e. The predicted molar refractivity (Wildman–Crippen MR) is 78.3 cm³/mol. The van der Waals surface area contributed by atoms with Crippen LogP contribution in [-0.2, 0) is 19.7 Å². The highest BCUT2D eigenvalue weighted by atomic mass is 16.5. The predicted octanol–water partition coefficient (Wildman–Crippen LogP) is 2.28. The third-order valence-electron chi connectivity index (χ3n) is 3.03. The van der Waals surface area contributed by atoms with E-state index in [1.165, 1.54) is 5.56 Å². The molecular weight excluding hydrogens is 252 g/mol. The van der Waals surface area contributed by atoms with E-state index in [0.29, 0.717) is 19.1 Å². The summed E-state index contributed by atoms with van der Waals surface area (Å²) < 4.78 is 7.74. The van der Waals surface area contributed by atoms with Gasteiger partial charge < -0.3 is 10.5 Å². The SMILES string of the molecule is Cc1ccc(OCc2ncnn2CC(C)C)c(CN)c1. The van der Waals surface area contributed by atoms with E-state index in [0.717, 1.165) is 23.7 Å². The van der Waals surface area contributed by atoms with Crippen molar-refractivity contribution in [3.63, 3.8) is 0 Å². The summed E-state index contributed by atoms with van der Waals surface area (Å²) in [6.07, 6.45) is 1.57. The Morgan fingerprint density at radius 1 is 1.35 bits per heavy atom. The lowest BCUT2D eigenvalue weighted by atomic mass is 10.1. The van der Waals surface area contributed by atoms with Gasteiger partial charge in [-0.05, 0) is 18.9 Å². The normalized spacial score (nSPS) is 11.1. The Balaban J connectivity index is 2.07. The summed E-state index contributed by atoms with van der Waals surface area (Å²) >= 11 is 0. The molecule has 0 unspecified atom stereocenters. The first-order valence-electron chi connectivity index (χ1n) is 6.89. The van der Waals surface area contributed by atoms with Crippen LogP contribution in [0.15, 0.2) is 24.5 Å². The molecule has 0 fully saturated rings. The summed E-state index contributed by atoms with van der Waals surface area (Å²) in [5.74, 6) is 2.17. The van der Waals surface area contributed by atoms with Gasteiger partial charge in [0.2, 0.25) is 0 Å². The molecule has 0 atom stereocenters. The molecule has 1 aromatic heterocycles. The number of benzene rings is 1. The van der Waals surface area contributed by atoms with Gasteiger partial charge in [-0.15, -0.1) is 0 Å². The molecule has 0 amide bonds. The van der Waals surface area contributed by atoms with Gasteiger partial charge >= 0.3 is 0 Å². The van der Waals surface area contributed by atoms with Crippen LogP contribution in [0.4, 0.5) is 0 Å². The highest BCUT2D eigenvalue weighted by molar-refractivity contribution is 5.36. The van der Waals surface area contributed by atoms with Crippen LogP contribution in [0, 0.1) is 12.8 Å². The molecule has 0 aliphatic heterocycles. The fourth-order valence-electron chi connectivity index (χ4n) is 2.05. The van der Waals surface area contributed by atoms with Gasteiger partial charge in [-0.25, -0.2) is 9.67 Å². The van der Waals surface area contributed by atoms with Crippen molar-refractivity contribution in [1.29, 1.82) is 0 Å². The Kier molecular flexibility index (Phi) is 4.74. The minimum atomic E-state index is 0.406. The number of rotatable bonds is 6. The third-order valence-corrected chi connectivity index (χ3v) is 3.03. The summed E-state index contributed by atoms with van der Waals surface area (Å²) in [6, 6.07) is 6.03. The van der Waals surface area contributed by atoms with Crippen LogP contribution in [0.25, 0.3) is 0 Å². The van der Waals surface area contributed by atoms with Gasteiger partial charge in [-0.3, -0.25) is 0 Å². The second-order valence-electron chi connectivity index (χ2n) is 5.36. The molecule has 5 nitrogen and oxygen atoms in total. The molecule has 0 spiro atoms. The van der Waals surface area contributed by atoms with E-state index in [4.69, 9.17) is 10.5 Å². The van der Waals surface area contributed by atoms with Crippen LogP contribution in [0.3, 0.4) is 0 Å². The Morgan fingerprint density at radius 2 is 2.15 bits per heavy atom. The van der Waals surface area contributed by atoms with Gasteiger partial charge in [-0.1, -0.05) is 31.5 Å². The van der Waals surface area contributed by atoms with Crippen LogP contribution in [0.2, 0.25) is 0 Å². The summed E-state index contributed by atoms with van der Waals surface area (Å²) in [4.78, 5) is 4.25. The Morgan fingerprint density at radius 3 is 2.85 bits per heavy atom. The number of aromatic nitrogens is 3. The average Bonchev–Trinajstić information content (AvgIpc) is 2.83. The van der Waals surface area contributed by atoms with Crippen LogP contribution in [-0.4, -0.2) is 14.8 Å². The molecule has 0 aliphatic carbocycles. The minimum absolute atomic E-state index is 0.406. The van der Waals surface area contributed by atoms with Crippen molar-refractivity contribution >= 4 is 0 Å². The molecule has 1 heterocycles. The number of aryl methyl sites for hydroxylation is 1. The second-order valence-corrected chi connectivity index (χ2v) is 5.36. The Labute approximate surface area is 119 Å². The van der Waals surface area contributed by atoms with E-state index in [9.17, 15) is 0 Å². The molecule has 0 saturated carbocycles. The number of ether oxygens (including phenoxy) is 1. The quantitative estimate of drug-likeness (QED) is 0.877. The van der Waals surface area contributed by atoms with Crippen molar-refractivity contribution in [2.24, 2.45) is 11.7 Å². The zero-order valence-electron chi connectivity index (χ0n) is 12.3. The van der Waals surface area contributed by atoms with Crippen molar-refractivity contribution in [2.45, 2.75) is 40.5 Å². The van der Waals surface area contributed by atoms with Crippen molar-refractivity contribution in [1.82, 2.24) is 14.8 Å². The minimum Gasteiger partial charge on any atom is -0.485 e. The van der Waals surface area contributed by atoms with E-state index in [-0.39, 0.29) is 0 Å². The average molecular weight is 274 g/mol. The topological polar surface area (TPSA) is 66.0 Å². The van der Waals surface area contributed by atoms with Crippen molar-refractivity contribution in [2.75, 3.05) is 0 Å². The van der Waals surface area contributed by atoms with Gasteiger partial charge in [0.15, 0.2) is 5.82 Å². The maximum atomic E-state index is 5.85. The highest BCUT2D eigenvalue weighted by Gasteiger charge is 2.08. The maximum Gasteiger partial charge on any atom is 0.164 e. The lowest BCUT2D eigenvalue weighted by Crippen LogP contribution is -2.13. The van der Waals surface area contributed by atoms with Gasteiger partial charge in [0.05, 0.1) is 0 Å². The first-order chi connectivity index (χ1) is 9.60. The lowest BCUT2D eigenvalue weighted by molar-refractivity contribution is 0.280. The molecule has 2 N–H and O–H groups in total. The number of nitrogens with zero attached hydrogens (tertiary/aromatic N) is 3. The maximum absolute atomic E-state index is 5.85. The Bertz CT molecular complexity index is 563. The van der Waals surface area contributed by atoms with E-state index in [1.807, 2.05) is 29.8 Å². The summed E-state index contributed by atoms with van der Waals surface area (Å²) in [6.45, 7) is 8.06. The van der Waals surface area contributed by atoms with E-state index >= 15 is 0 Å². The van der Waals surface area contributed by atoms with Crippen molar-refractivity contribution in [3.8, 4) is 5.75 Å². The number of nitrogens with two attached hydrogens (primary N) is 1. The molecule has 2 rings (SSSR count). The molecule has 2 aromatic rings. The number of hydrogen-bond acceptors (Lipinski definition) is 4. The summed E-state index contributed by atoms with van der Waals surface area (Å²) in [5, 5.41) is 4.23. The van der Waals surface area contributed by atoms with Crippen molar-refractivity contribution < 1.29 is 4.74 Å². The summed E-state index contributed by atoms with van der Waals surface area (Å²) in [5.41, 5.74) is 7.95. The molecule has 0 bridgehead atoms. The van der Waals surface area contributed by atoms with Crippen molar-refractivity contribution in [3.05, 3.63) is 41.5 Å². The van der Waals surface area contributed by atoms with Gasteiger partial charge in [0, 0.05) is 18.7 Å². The zero-order valence-corrected chi connectivity index (χ0v) is 12.3. The Hall–Kier alpha value is -1.88. The first-order valence-corrected chi connectivity index (χ1v) is 6.89. The second kappa shape index (κ2) is 6.52. The molecule has 1 aromatic carbocycles. The van der Waals surface area contributed by atoms with Gasteiger partial charge in [0.25, 0.3) is 0 Å². The van der Waals surface area contributed by atoms with Gasteiger partial charge in [-0.2, -0.15) is 5.10 Å². The molecule has 20 heavy (non-hydrogen) atoms. The zero-order chi connectivity index (χ0) is 14.5. The lowest BCUT2D eigenvalue weighted by Gasteiger charge is -2.12. The van der Waals surface area contributed by atoms with Crippen LogP contribution >= 0.6 is 0 Å². The first kappa shape index (κ1) is 14.5. The van der Waals surface area contributed by atoms with Crippen LogP contribution < -0.4 is 10.5 Å². The van der Waals surface area contributed by atoms with E-state index < -0.39 is 0 Å². The van der Waals surface area contributed by atoms with E-state index in [2.05, 4.69) is 23.9 Å². The molecular formula is C15H22N4O. The molecule has 0 saturated heterocycles. The monoisotopic (exact) mass is 274 g/mol. The molecule has 0 radical (unpaired) electrons. The largest absolute Gasteiger partial charge is 0.485 e. The number of hydrogen-bond donors (Lipinski definition) is 1. The van der Waals surface area contributed by atoms with E-state index in [1.54, 1.807) is 6.33 Å². The van der Waals surface area contributed by atoms with Crippen LogP contribution in [0.1, 0.15) is 30.8 Å². The van der Waals surface area contributed by atoms with Gasteiger partial charge in [0.1, 0.15) is 18.7 Å².